The van der Waals surface area contributed by atoms with E-state index in [1.54, 1.807) is 46.8 Å². The number of anilines is 4. The van der Waals surface area contributed by atoms with Crippen molar-refractivity contribution in [3.63, 3.8) is 0 Å². The molecule has 246 valence electrons. The molecule has 0 unspecified atom stereocenters. The first kappa shape index (κ1) is 34.0. The van der Waals surface area contributed by atoms with Gasteiger partial charge in [-0.25, -0.2) is 4.98 Å². The first-order chi connectivity index (χ1) is 22.1. The number of nitrogens with two attached hydrogens (primary N) is 1. The molecule has 0 bridgehead atoms. The molecule has 4 aromatic rings. The summed E-state index contributed by atoms with van der Waals surface area (Å²) in [7, 11) is 6.48. The summed E-state index contributed by atoms with van der Waals surface area (Å²) in [5.41, 5.74) is 6.82. The molecular formula is C29H32BrN11O6. The highest BCUT2D eigenvalue weighted by atomic mass is 79.9. The lowest BCUT2D eigenvalue weighted by Gasteiger charge is -2.04. The Hall–Kier alpha value is -5.91. The zero-order valence-corrected chi connectivity index (χ0v) is 27.4. The number of rotatable bonds is 12. The van der Waals surface area contributed by atoms with Crippen molar-refractivity contribution >= 4 is 74.3 Å². The number of aryl methyl sites for hydroxylation is 4. The number of hydrogen-bond donors (Lipinski definition) is 6. The van der Waals surface area contributed by atoms with Crippen molar-refractivity contribution < 1.29 is 28.8 Å². The van der Waals surface area contributed by atoms with Crippen LogP contribution in [0.15, 0.2) is 54.0 Å². The van der Waals surface area contributed by atoms with Gasteiger partial charge in [0, 0.05) is 65.9 Å². The van der Waals surface area contributed by atoms with E-state index < -0.39 is 35.4 Å². The monoisotopic (exact) mass is 709 g/mol. The number of imidazole rings is 1. The highest BCUT2D eigenvalue weighted by Gasteiger charge is 2.21. The number of primary amides is 1. The molecule has 0 aliphatic rings. The van der Waals surface area contributed by atoms with Gasteiger partial charge in [-0.3, -0.25) is 28.8 Å². The number of hydrogen-bond acceptors (Lipinski definition) is 7. The third kappa shape index (κ3) is 8.23. The number of nitrogens with zero attached hydrogens (tertiary/aromatic N) is 5. The average Bonchev–Trinajstić information content (AvgIpc) is 3.73. The molecule has 4 rings (SSSR count). The van der Waals surface area contributed by atoms with Gasteiger partial charge in [-0.15, -0.1) is 0 Å². The first-order valence-electron chi connectivity index (χ1n) is 13.8. The van der Waals surface area contributed by atoms with E-state index in [2.05, 4.69) is 54.1 Å². The Morgan fingerprint density at radius 2 is 1.15 bits per heavy atom. The second-order valence-corrected chi connectivity index (χ2v) is 11.4. The van der Waals surface area contributed by atoms with Crippen LogP contribution < -0.4 is 32.3 Å². The fourth-order valence-electron chi connectivity index (χ4n) is 4.46. The average molecular weight is 711 g/mol. The molecule has 17 nitrogen and oxygen atoms in total. The van der Waals surface area contributed by atoms with E-state index in [1.165, 1.54) is 42.7 Å². The largest absolute Gasteiger partial charge is 0.370 e. The van der Waals surface area contributed by atoms with Crippen molar-refractivity contribution in [1.82, 2.24) is 28.6 Å². The van der Waals surface area contributed by atoms with E-state index in [0.29, 0.717) is 17.1 Å². The molecule has 4 aromatic heterocycles. The Labute approximate surface area is 276 Å². The Kier molecular flexibility index (Phi) is 10.1. The van der Waals surface area contributed by atoms with Gasteiger partial charge in [-0.05, 0) is 34.1 Å². The van der Waals surface area contributed by atoms with Crippen molar-refractivity contribution in [2.45, 2.75) is 6.42 Å². The van der Waals surface area contributed by atoms with Crippen LogP contribution in [0.1, 0.15) is 48.5 Å². The van der Waals surface area contributed by atoms with Gasteiger partial charge in [0.25, 0.3) is 29.5 Å². The molecule has 0 aliphatic heterocycles. The normalized spacial score (nSPS) is 10.7. The quantitative estimate of drug-likeness (QED) is 0.119. The first-order valence-corrected chi connectivity index (χ1v) is 14.6. The predicted octanol–water partition coefficient (Wildman–Crippen LogP) is 1.64. The molecule has 6 amide bonds. The van der Waals surface area contributed by atoms with Crippen molar-refractivity contribution in [2.24, 2.45) is 33.9 Å². The lowest BCUT2D eigenvalue weighted by atomic mass is 10.3. The van der Waals surface area contributed by atoms with Crippen LogP contribution in [0.4, 0.5) is 22.9 Å². The van der Waals surface area contributed by atoms with Crippen LogP contribution in [-0.4, -0.2) is 65.2 Å². The molecule has 0 fully saturated rings. The van der Waals surface area contributed by atoms with Crippen molar-refractivity contribution in [2.75, 3.05) is 27.8 Å². The highest BCUT2D eigenvalue weighted by Crippen LogP contribution is 2.20. The summed E-state index contributed by atoms with van der Waals surface area (Å²) < 4.78 is 6.11. The molecule has 0 atom stereocenters. The SMILES string of the molecule is C=C(Br)C(=O)Nc1cn(C)c(C(=O)Nc2cc(C(=O)Nc3cc(C(=O)Nc4cc(C(=O)NCCC(N)=O)n(C)c4)n(C)c3)n(C)c2)n1. The highest BCUT2D eigenvalue weighted by molar-refractivity contribution is 9.12. The molecule has 0 saturated carbocycles. The van der Waals surface area contributed by atoms with E-state index in [9.17, 15) is 28.8 Å². The zero-order chi connectivity index (χ0) is 34.6. The van der Waals surface area contributed by atoms with Crippen LogP contribution >= 0.6 is 15.9 Å². The maximum absolute atomic E-state index is 13.1. The third-order valence-electron chi connectivity index (χ3n) is 6.71. The zero-order valence-electron chi connectivity index (χ0n) is 25.8. The van der Waals surface area contributed by atoms with Crippen molar-refractivity contribution in [3.8, 4) is 0 Å². The smallest absolute Gasteiger partial charge is 0.291 e. The van der Waals surface area contributed by atoms with Gasteiger partial charge < -0.3 is 50.6 Å². The number of nitrogens with one attached hydrogen (secondary N) is 5. The number of amides is 6. The third-order valence-corrected chi connectivity index (χ3v) is 7.07. The van der Waals surface area contributed by atoms with Gasteiger partial charge in [0.2, 0.25) is 11.7 Å². The van der Waals surface area contributed by atoms with Crippen LogP contribution in [0.2, 0.25) is 0 Å². The maximum Gasteiger partial charge on any atom is 0.291 e. The maximum atomic E-state index is 13.1. The van der Waals surface area contributed by atoms with Gasteiger partial charge in [0.1, 0.15) is 17.1 Å². The Balaban J connectivity index is 1.38. The Bertz CT molecular complexity index is 1930. The minimum absolute atomic E-state index is 0.000924. The summed E-state index contributed by atoms with van der Waals surface area (Å²) in [6, 6.07) is 4.45. The molecule has 0 aromatic carbocycles. The molecule has 0 aliphatic carbocycles. The van der Waals surface area contributed by atoms with Gasteiger partial charge >= 0.3 is 0 Å². The van der Waals surface area contributed by atoms with Crippen LogP contribution in [0, 0.1) is 0 Å². The number of aromatic nitrogens is 5. The molecule has 0 radical (unpaired) electrons. The summed E-state index contributed by atoms with van der Waals surface area (Å²) in [4.78, 5) is 78.4. The second-order valence-electron chi connectivity index (χ2n) is 10.4. The molecule has 0 saturated heterocycles. The van der Waals surface area contributed by atoms with E-state index in [1.807, 2.05) is 0 Å². The lowest BCUT2D eigenvalue weighted by Crippen LogP contribution is -2.29. The summed E-state index contributed by atoms with van der Waals surface area (Å²) in [5.74, 6) is -2.88. The fraction of sp³-hybridized carbons (Fsp3) is 0.207. The van der Waals surface area contributed by atoms with Gasteiger partial charge in [0.15, 0.2) is 5.82 Å². The molecule has 18 heteroatoms. The summed E-state index contributed by atoms with van der Waals surface area (Å²) in [6.07, 6.45) is 6.13. The van der Waals surface area contributed by atoms with Gasteiger partial charge in [-0.2, -0.15) is 0 Å². The number of carbonyl (C=O) groups is 6. The number of carbonyl (C=O) groups excluding carboxylic acids is 6. The Morgan fingerprint density at radius 3 is 1.60 bits per heavy atom. The minimum Gasteiger partial charge on any atom is -0.370 e. The van der Waals surface area contributed by atoms with E-state index in [0.717, 1.165) is 0 Å². The number of halogens is 1. The van der Waals surface area contributed by atoms with Crippen molar-refractivity contribution in [3.05, 3.63) is 77.0 Å². The Morgan fingerprint density at radius 1 is 0.702 bits per heavy atom. The topological polar surface area (TPSA) is 221 Å². The molecule has 0 spiro atoms. The van der Waals surface area contributed by atoms with Crippen LogP contribution in [0.25, 0.3) is 0 Å². The fourth-order valence-corrected chi connectivity index (χ4v) is 4.56. The van der Waals surface area contributed by atoms with E-state index in [-0.39, 0.29) is 46.2 Å². The summed E-state index contributed by atoms with van der Waals surface area (Å²) in [5, 5.41) is 13.2. The van der Waals surface area contributed by atoms with Crippen LogP contribution in [-0.2, 0) is 37.8 Å². The molecule has 7 N–H and O–H groups in total. The molecule has 47 heavy (non-hydrogen) atoms. The van der Waals surface area contributed by atoms with Crippen LogP contribution in [0.3, 0.4) is 0 Å². The van der Waals surface area contributed by atoms with Crippen LogP contribution in [0.5, 0.6) is 0 Å². The van der Waals surface area contributed by atoms with E-state index >= 15 is 0 Å². The van der Waals surface area contributed by atoms with E-state index in [4.69, 9.17) is 5.73 Å². The molecule has 4 heterocycles. The van der Waals surface area contributed by atoms with Gasteiger partial charge in [0.05, 0.1) is 21.5 Å². The van der Waals surface area contributed by atoms with Gasteiger partial charge in [-0.1, -0.05) is 6.58 Å². The minimum atomic E-state index is -0.573. The summed E-state index contributed by atoms with van der Waals surface area (Å²) in [6.45, 7) is 3.57. The molecular weight excluding hydrogens is 678 g/mol. The second kappa shape index (κ2) is 14.0. The summed E-state index contributed by atoms with van der Waals surface area (Å²) >= 11 is 2.98. The lowest BCUT2D eigenvalue weighted by molar-refractivity contribution is -0.118. The van der Waals surface area contributed by atoms with Crippen molar-refractivity contribution in [1.29, 1.82) is 0 Å². The predicted molar refractivity (Wildman–Crippen MR) is 176 cm³/mol. The standard InChI is InChI=1S/C29H32BrN11O6/c1-15(30)25(43)37-23-14-41(5)24(36-23)29(47)35-18-10-21(40(4)13-18)28(46)34-17-9-20(39(3)12-17)27(45)33-16-8-19(38(2)11-16)26(44)32-7-6-22(31)42/h8-14H,1,6-7H2,2-5H3,(H2,31,42)(H,32,44)(H,33,45)(H,34,46)(H,35,47)(H,37,43).